The number of anilines is 2. The zero-order valence-corrected chi connectivity index (χ0v) is 17.5. The molecular formula is C23H23BFN5O2. The number of halogens is 1. The van der Waals surface area contributed by atoms with Crippen molar-refractivity contribution in [1.29, 1.82) is 0 Å². The molecule has 0 aliphatic heterocycles. The summed E-state index contributed by atoms with van der Waals surface area (Å²) in [6.45, 7) is 0.730. The van der Waals surface area contributed by atoms with Crippen LogP contribution in [0, 0.1) is 0 Å². The Morgan fingerprint density at radius 1 is 1.06 bits per heavy atom. The van der Waals surface area contributed by atoms with Crippen LogP contribution in [0.4, 0.5) is 16.0 Å². The van der Waals surface area contributed by atoms with E-state index in [0.29, 0.717) is 53.5 Å². The van der Waals surface area contributed by atoms with Crippen LogP contribution in [-0.2, 0) is 13.3 Å². The second-order valence-electron chi connectivity index (χ2n) is 7.22. The summed E-state index contributed by atoms with van der Waals surface area (Å²) in [7, 11) is 5.72. The number of imidazole rings is 1. The Balaban J connectivity index is 1.51. The van der Waals surface area contributed by atoms with E-state index in [1.807, 2.05) is 18.2 Å². The maximum atomic E-state index is 13.8. The highest BCUT2D eigenvalue weighted by Crippen LogP contribution is 2.29. The van der Waals surface area contributed by atoms with Crippen molar-refractivity contribution in [1.82, 2.24) is 19.9 Å². The molecule has 0 aliphatic rings. The maximum Gasteiger partial charge on any atom is 0.210 e. The molecule has 9 heteroatoms. The van der Waals surface area contributed by atoms with E-state index >= 15 is 0 Å². The van der Waals surface area contributed by atoms with E-state index in [0.717, 1.165) is 11.4 Å². The van der Waals surface area contributed by atoms with E-state index in [1.165, 1.54) is 4.57 Å². The number of aromatic nitrogens is 3. The summed E-state index contributed by atoms with van der Waals surface area (Å²) in [6, 6.07) is 16.1. The predicted molar refractivity (Wildman–Crippen MR) is 124 cm³/mol. The normalized spacial score (nSPS) is 11.1. The quantitative estimate of drug-likeness (QED) is 0.264. The van der Waals surface area contributed by atoms with Crippen LogP contribution in [0.2, 0.25) is 0 Å². The van der Waals surface area contributed by atoms with Gasteiger partial charge in [-0.3, -0.25) is 9.55 Å². The van der Waals surface area contributed by atoms with Crippen molar-refractivity contribution < 1.29 is 14.2 Å². The lowest BCUT2D eigenvalue weighted by Crippen LogP contribution is -2.16. The van der Waals surface area contributed by atoms with Crippen molar-refractivity contribution in [3.05, 3.63) is 66.5 Å². The molecule has 0 aliphatic carbocycles. The molecule has 2 radical (unpaired) electrons. The first-order valence-electron chi connectivity index (χ1n) is 10.3. The van der Waals surface area contributed by atoms with Crippen LogP contribution >= 0.6 is 0 Å². The number of rotatable bonds is 10. The molecule has 32 heavy (non-hydrogen) atoms. The Kier molecular flexibility index (Phi) is 6.98. The second-order valence-corrected chi connectivity index (χ2v) is 7.22. The number of ether oxygens (including phenoxy) is 1. The van der Waals surface area contributed by atoms with E-state index in [1.54, 1.807) is 42.6 Å². The van der Waals surface area contributed by atoms with Gasteiger partial charge in [-0.2, -0.15) is 0 Å². The van der Waals surface area contributed by atoms with Gasteiger partial charge in [0.1, 0.15) is 19.3 Å². The Labute approximate surface area is 186 Å². The molecule has 0 unspecified atom stereocenters. The molecule has 0 spiro atoms. The first-order chi connectivity index (χ1) is 15.7. The van der Waals surface area contributed by atoms with E-state index in [9.17, 15) is 4.39 Å². The number of aliphatic hydroxyl groups excluding tert-OH is 1. The van der Waals surface area contributed by atoms with Crippen LogP contribution in [0.5, 0.6) is 11.5 Å². The van der Waals surface area contributed by atoms with Crippen molar-refractivity contribution in [3.8, 4) is 11.5 Å². The molecule has 4 rings (SSSR count). The smallest absolute Gasteiger partial charge is 0.210 e. The van der Waals surface area contributed by atoms with Gasteiger partial charge in [0.05, 0.1) is 16.7 Å². The van der Waals surface area contributed by atoms with Crippen molar-refractivity contribution in [2.75, 3.05) is 18.5 Å². The monoisotopic (exact) mass is 431 g/mol. The van der Waals surface area contributed by atoms with Gasteiger partial charge in [0.15, 0.2) is 6.80 Å². The standard InChI is InChI=1S/C23H23BFN5O2/c24-16-2-4-17(5-3-16)28-23-29-21-13-19(6-7-22(21)30(23)15-25)32-20-8-10-27-18(12-20)14-26-9-1-11-31/h2-8,10,12-13,26,31H,1,9,11,14-15H2,(H,28,29). The third kappa shape index (κ3) is 5.24. The summed E-state index contributed by atoms with van der Waals surface area (Å²) in [4.78, 5) is 8.86. The number of alkyl halides is 1. The zero-order valence-electron chi connectivity index (χ0n) is 17.5. The fourth-order valence-electron chi connectivity index (χ4n) is 3.26. The van der Waals surface area contributed by atoms with Gasteiger partial charge < -0.3 is 20.5 Å². The summed E-state index contributed by atoms with van der Waals surface area (Å²) < 4.78 is 21.2. The van der Waals surface area contributed by atoms with Gasteiger partial charge >= 0.3 is 0 Å². The highest BCUT2D eigenvalue weighted by Gasteiger charge is 2.12. The number of benzene rings is 2. The van der Waals surface area contributed by atoms with E-state index in [2.05, 4.69) is 20.6 Å². The fourth-order valence-corrected chi connectivity index (χ4v) is 3.26. The summed E-state index contributed by atoms with van der Waals surface area (Å²) >= 11 is 0. The number of aliphatic hydroxyl groups is 1. The summed E-state index contributed by atoms with van der Waals surface area (Å²) in [5.41, 5.74) is 3.51. The summed E-state index contributed by atoms with van der Waals surface area (Å²) in [5, 5.41) is 15.2. The Morgan fingerprint density at radius 2 is 1.88 bits per heavy atom. The molecule has 2 aromatic carbocycles. The maximum absolute atomic E-state index is 13.8. The Hall–Kier alpha value is -3.43. The molecule has 0 atom stereocenters. The van der Waals surface area contributed by atoms with E-state index in [-0.39, 0.29) is 6.61 Å². The van der Waals surface area contributed by atoms with Gasteiger partial charge in [0, 0.05) is 37.2 Å². The molecule has 2 aromatic heterocycles. The predicted octanol–water partition coefficient (Wildman–Crippen LogP) is 3.16. The van der Waals surface area contributed by atoms with Crippen LogP contribution < -0.4 is 20.8 Å². The first-order valence-corrected chi connectivity index (χ1v) is 10.3. The third-order valence-electron chi connectivity index (χ3n) is 4.85. The summed E-state index contributed by atoms with van der Waals surface area (Å²) in [5.74, 6) is 1.62. The minimum Gasteiger partial charge on any atom is -0.457 e. The summed E-state index contributed by atoms with van der Waals surface area (Å²) in [6.07, 6.45) is 2.38. The van der Waals surface area contributed by atoms with Crippen LogP contribution in [-0.4, -0.2) is 40.6 Å². The van der Waals surface area contributed by atoms with Gasteiger partial charge in [0.2, 0.25) is 5.95 Å². The van der Waals surface area contributed by atoms with Crippen molar-refractivity contribution in [2.24, 2.45) is 0 Å². The molecule has 4 aromatic rings. The van der Waals surface area contributed by atoms with E-state index < -0.39 is 6.80 Å². The number of hydrogen-bond donors (Lipinski definition) is 3. The molecule has 0 bridgehead atoms. The third-order valence-corrected chi connectivity index (χ3v) is 4.85. The minimum atomic E-state index is -0.717. The molecule has 0 amide bonds. The molecule has 3 N–H and O–H groups in total. The number of hydrogen-bond acceptors (Lipinski definition) is 6. The zero-order chi connectivity index (χ0) is 22.3. The average molecular weight is 431 g/mol. The average Bonchev–Trinajstić information content (AvgIpc) is 3.14. The Morgan fingerprint density at radius 3 is 2.66 bits per heavy atom. The van der Waals surface area contributed by atoms with Crippen LogP contribution in [0.25, 0.3) is 11.0 Å². The number of nitrogens with zero attached hydrogens (tertiary/aromatic N) is 3. The molecule has 2 heterocycles. The van der Waals surface area contributed by atoms with Crippen LogP contribution in [0.1, 0.15) is 12.1 Å². The highest BCUT2D eigenvalue weighted by atomic mass is 19.1. The van der Waals surface area contributed by atoms with Crippen LogP contribution in [0.15, 0.2) is 60.8 Å². The topological polar surface area (TPSA) is 84.2 Å². The van der Waals surface area contributed by atoms with Crippen LogP contribution in [0.3, 0.4) is 0 Å². The number of nitrogens with one attached hydrogen (secondary N) is 2. The van der Waals surface area contributed by atoms with Gasteiger partial charge in [-0.25, -0.2) is 9.37 Å². The minimum absolute atomic E-state index is 0.154. The van der Waals surface area contributed by atoms with Gasteiger partial charge in [0.25, 0.3) is 0 Å². The van der Waals surface area contributed by atoms with Gasteiger partial charge in [-0.1, -0.05) is 17.6 Å². The van der Waals surface area contributed by atoms with Crippen molar-refractivity contribution in [3.63, 3.8) is 0 Å². The molecule has 0 fully saturated rings. The number of pyridine rings is 1. The van der Waals surface area contributed by atoms with Gasteiger partial charge in [-0.15, -0.1) is 0 Å². The second kappa shape index (κ2) is 10.3. The molecule has 0 saturated heterocycles. The SMILES string of the molecule is [B]c1ccc(Nc2nc3cc(Oc4ccnc(CNCCCO)c4)ccc3n2CF)cc1. The molecular weight excluding hydrogens is 408 g/mol. The lowest BCUT2D eigenvalue weighted by molar-refractivity contribution is 0.286. The number of fused-ring (bicyclic) bond motifs is 1. The van der Waals surface area contributed by atoms with E-state index in [4.69, 9.17) is 17.7 Å². The first kappa shape index (κ1) is 21.8. The molecule has 7 nitrogen and oxygen atoms in total. The van der Waals surface area contributed by atoms with Crippen molar-refractivity contribution in [2.45, 2.75) is 19.8 Å². The largest absolute Gasteiger partial charge is 0.457 e. The lowest BCUT2D eigenvalue weighted by atomic mass is 9.96. The molecule has 0 saturated carbocycles. The highest BCUT2D eigenvalue weighted by molar-refractivity contribution is 6.32. The lowest BCUT2D eigenvalue weighted by Gasteiger charge is -2.09. The van der Waals surface area contributed by atoms with Crippen molar-refractivity contribution >= 4 is 36.0 Å². The Bertz CT molecular complexity index is 1180. The molecule has 162 valence electrons. The van der Waals surface area contributed by atoms with Gasteiger partial charge in [-0.05, 0) is 43.3 Å². The fraction of sp³-hybridized carbons (Fsp3) is 0.217.